The molecule has 2 aromatic carbocycles. The number of carbonyl (C=O) groups excluding carboxylic acids is 2. The van der Waals surface area contributed by atoms with Crippen molar-refractivity contribution in [1.82, 2.24) is 0 Å². The summed E-state index contributed by atoms with van der Waals surface area (Å²) >= 11 is 0. The third-order valence-electron chi connectivity index (χ3n) is 4.83. The molecule has 0 saturated carbocycles. The van der Waals surface area contributed by atoms with Crippen LogP contribution in [0.4, 0.5) is 0 Å². The van der Waals surface area contributed by atoms with Crippen molar-refractivity contribution in [2.24, 2.45) is 5.92 Å². The highest BCUT2D eigenvalue weighted by molar-refractivity contribution is 6.19. The van der Waals surface area contributed by atoms with Crippen molar-refractivity contribution in [2.75, 3.05) is 0 Å². The third kappa shape index (κ3) is 1.88. The van der Waals surface area contributed by atoms with E-state index in [2.05, 4.69) is 0 Å². The molecule has 0 aromatic heterocycles. The summed E-state index contributed by atoms with van der Waals surface area (Å²) < 4.78 is 0. The number of fused-ring (bicyclic) bond motifs is 4. The highest BCUT2D eigenvalue weighted by Gasteiger charge is 2.37. The van der Waals surface area contributed by atoms with Gasteiger partial charge in [0.1, 0.15) is 11.9 Å². The van der Waals surface area contributed by atoms with E-state index in [1.807, 2.05) is 13.0 Å². The zero-order valence-electron chi connectivity index (χ0n) is 12.7. The maximum Gasteiger partial charge on any atom is 0.194 e. The van der Waals surface area contributed by atoms with Gasteiger partial charge in [0, 0.05) is 28.7 Å². The van der Waals surface area contributed by atoms with Gasteiger partial charge in [0.05, 0.1) is 0 Å². The predicted octanol–water partition coefficient (Wildman–Crippen LogP) is 2.78. The van der Waals surface area contributed by atoms with Crippen molar-refractivity contribution >= 4 is 11.6 Å². The Bertz CT molecular complexity index is 866. The molecule has 0 heterocycles. The Morgan fingerprint density at radius 3 is 2.61 bits per heavy atom. The zero-order chi connectivity index (χ0) is 16.3. The molecule has 4 nitrogen and oxygen atoms in total. The van der Waals surface area contributed by atoms with Gasteiger partial charge in [0.25, 0.3) is 0 Å². The van der Waals surface area contributed by atoms with E-state index < -0.39 is 6.10 Å². The molecule has 0 amide bonds. The van der Waals surface area contributed by atoms with Crippen LogP contribution in [0.15, 0.2) is 30.3 Å². The molecule has 0 unspecified atom stereocenters. The quantitative estimate of drug-likeness (QED) is 0.785. The van der Waals surface area contributed by atoms with Gasteiger partial charge in [0.15, 0.2) is 11.6 Å². The van der Waals surface area contributed by atoms with E-state index in [0.717, 1.165) is 12.0 Å². The Morgan fingerprint density at radius 2 is 1.83 bits per heavy atom. The number of phenolic OH excluding ortho intramolecular Hbond substituents is 1. The first-order chi connectivity index (χ1) is 11.0. The van der Waals surface area contributed by atoms with Gasteiger partial charge < -0.3 is 10.2 Å². The fourth-order valence-electron chi connectivity index (χ4n) is 3.82. The maximum absolute atomic E-state index is 12.9. The standard InChI is InChI=1S/C19H16O4/c1-9-7-10-5-6-12-17(15(10)14(21)8-9)19(23)11-3-2-4-13(20)16(11)18(12)22/h2-6,9,18,20,22H,7-8H2,1H3/t9-,18-/m0/s1. The van der Waals surface area contributed by atoms with Crippen molar-refractivity contribution in [3.63, 3.8) is 0 Å². The normalized spacial score (nSPS) is 22.3. The molecule has 4 heteroatoms. The highest BCUT2D eigenvalue weighted by Crippen LogP contribution is 2.42. The Balaban J connectivity index is 2.01. The largest absolute Gasteiger partial charge is 0.508 e. The van der Waals surface area contributed by atoms with Gasteiger partial charge in [-0.15, -0.1) is 0 Å². The molecule has 23 heavy (non-hydrogen) atoms. The van der Waals surface area contributed by atoms with Gasteiger partial charge >= 0.3 is 0 Å². The van der Waals surface area contributed by atoms with Crippen LogP contribution < -0.4 is 0 Å². The summed E-state index contributed by atoms with van der Waals surface area (Å²) in [6, 6.07) is 8.13. The third-order valence-corrected chi connectivity index (χ3v) is 4.83. The van der Waals surface area contributed by atoms with Crippen LogP contribution >= 0.6 is 0 Å². The van der Waals surface area contributed by atoms with E-state index in [9.17, 15) is 19.8 Å². The van der Waals surface area contributed by atoms with Crippen LogP contribution in [0, 0.1) is 5.92 Å². The van der Waals surface area contributed by atoms with Gasteiger partial charge in [-0.25, -0.2) is 0 Å². The van der Waals surface area contributed by atoms with E-state index in [1.54, 1.807) is 18.2 Å². The van der Waals surface area contributed by atoms with Crippen molar-refractivity contribution in [1.29, 1.82) is 0 Å². The Hall–Kier alpha value is -2.46. The van der Waals surface area contributed by atoms with Crippen LogP contribution in [-0.2, 0) is 6.42 Å². The van der Waals surface area contributed by atoms with Gasteiger partial charge in [-0.2, -0.15) is 0 Å². The predicted molar refractivity (Wildman–Crippen MR) is 83.9 cm³/mol. The lowest BCUT2D eigenvalue weighted by Gasteiger charge is -2.29. The highest BCUT2D eigenvalue weighted by atomic mass is 16.3. The lowest BCUT2D eigenvalue weighted by atomic mass is 9.74. The summed E-state index contributed by atoms with van der Waals surface area (Å²) in [6.07, 6.45) is 0.0704. The van der Waals surface area contributed by atoms with E-state index in [4.69, 9.17) is 0 Å². The second-order valence-corrected chi connectivity index (χ2v) is 6.47. The van der Waals surface area contributed by atoms with E-state index in [-0.39, 0.29) is 34.4 Å². The molecule has 2 aromatic rings. The summed E-state index contributed by atoms with van der Waals surface area (Å²) in [7, 11) is 0. The molecule has 116 valence electrons. The number of carbonyl (C=O) groups is 2. The number of hydrogen-bond donors (Lipinski definition) is 2. The molecular weight excluding hydrogens is 292 g/mol. The van der Waals surface area contributed by atoms with Crippen molar-refractivity contribution in [2.45, 2.75) is 25.9 Å². The van der Waals surface area contributed by atoms with Crippen molar-refractivity contribution in [3.8, 4) is 5.75 Å². The molecule has 2 aliphatic carbocycles. The molecule has 2 aliphatic rings. The topological polar surface area (TPSA) is 74.6 Å². The number of aliphatic hydroxyl groups excluding tert-OH is 1. The van der Waals surface area contributed by atoms with E-state index >= 15 is 0 Å². The summed E-state index contributed by atoms with van der Waals surface area (Å²) in [4.78, 5) is 25.4. The van der Waals surface area contributed by atoms with Gasteiger partial charge in [0.2, 0.25) is 0 Å². The van der Waals surface area contributed by atoms with Crippen LogP contribution in [0.25, 0.3) is 0 Å². The molecule has 0 bridgehead atoms. The molecule has 0 fully saturated rings. The molecule has 0 aliphatic heterocycles. The Labute approximate surface area is 133 Å². The lowest BCUT2D eigenvalue weighted by Crippen LogP contribution is -2.27. The first-order valence-electron chi connectivity index (χ1n) is 7.72. The van der Waals surface area contributed by atoms with Crippen LogP contribution in [0.3, 0.4) is 0 Å². The summed E-state index contributed by atoms with van der Waals surface area (Å²) in [5.74, 6) is -0.185. The summed E-state index contributed by atoms with van der Waals surface area (Å²) in [5.41, 5.74) is 2.54. The first kappa shape index (κ1) is 14.2. The number of hydrogen-bond acceptors (Lipinski definition) is 4. The zero-order valence-corrected chi connectivity index (χ0v) is 12.7. The average molecular weight is 308 g/mol. The summed E-state index contributed by atoms with van der Waals surface area (Å²) in [6.45, 7) is 2.02. The molecule has 2 N–H and O–H groups in total. The van der Waals surface area contributed by atoms with Crippen LogP contribution in [0.2, 0.25) is 0 Å². The minimum atomic E-state index is -1.10. The average Bonchev–Trinajstić information content (AvgIpc) is 2.51. The lowest BCUT2D eigenvalue weighted by molar-refractivity contribution is 0.0935. The van der Waals surface area contributed by atoms with Gasteiger partial charge in [-0.3, -0.25) is 9.59 Å². The second-order valence-electron chi connectivity index (χ2n) is 6.47. The number of benzene rings is 2. The fraction of sp³-hybridized carbons (Fsp3) is 0.263. The maximum atomic E-state index is 12.9. The van der Waals surface area contributed by atoms with Crippen molar-refractivity contribution < 1.29 is 19.8 Å². The molecule has 4 rings (SSSR count). The molecule has 2 atom stereocenters. The minimum absolute atomic E-state index is 0.0419. The number of ketones is 2. The number of Topliss-reactive ketones (excluding diaryl/α,β-unsaturated/α-hetero) is 1. The molecular formula is C19H16O4. The minimum Gasteiger partial charge on any atom is -0.508 e. The fourth-order valence-corrected chi connectivity index (χ4v) is 3.82. The molecule has 0 radical (unpaired) electrons. The first-order valence-corrected chi connectivity index (χ1v) is 7.72. The van der Waals surface area contributed by atoms with Crippen molar-refractivity contribution in [3.05, 3.63) is 63.7 Å². The summed E-state index contributed by atoms with van der Waals surface area (Å²) in [5, 5.41) is 20.6. The number of aromatic hydroxyl groups is 1. The van der Waals surface area contributed by atoms with Gasteiger partial charge in [-0.05, 0) is 29.5 Å². The van der Waals surface area contributed by atoms with Crippen LogP contribution in [0.1, 0.15) is 62.4 Å². The van der Waals surface area contributed by atoms with Crippen LogP contribution in [-0.4, -0.2) is 21.8 Å². The Kier molecular flexibility index (Phi) is 2.93. The number of phenols is 1. The molecule has 0 spiro atoms. The molecule has 0 saturated heterocycles. The van der Waals surface area contributed by atoms with Gasteiger partial charge in [-0.1, -0.05) is 31.2 Å². The van der Waals surface area contributed by atoms with E-state index in [0.29, 0.717) is 23.1 Å². The van der Waals surface area contributed by atoms with Crippen LogP contribution in [0.5, 0.6) is 5.75 Å². The smallest absolute Gasteiger partial charge is 0.194 e. The number of aliphatic hydroxyl groups is 1. The SMILES string of the molecule is C[C@@H]1CC(=O)c2c(ccc3c2C(=O)c2cccc(O)c2[C@H]3O)C1. The van der Waals surface area contributed by atoms with E-state index in [1.165, 1.54) is 6.07 Å². The number of rotatable bonds is 0. The Morgan fingerprint density at radius 1 is 1.04 bits per heavy atom. The second kappa shape index (κ2) is 4.77. The monoisotopic (exact) mass is 308 g/mol.